The van der Waals surface area contributed by atoms with E-state index in [1.165, 1.54) is 85.9 Å². The SMILES string of the molecule is Cc1ccc(P(c2ccc(C)cc2)c2cc(C3CCCCC3)sc2C2CCCCC2)cc1. The van der Waals surface area contributed by atoms with E-state index in [0.29, 0.717) is 0 Å². The summed E-state index contributed by atoms with van der Waals surface area (Å²) in [6.45, 7) is 4.41. The van der Waals surface area contributed by atoms with Gasteiger partial charge in [0.25, 0.3) is 0 Å². The number of aryl methyl sites for hydroxylation is 2. The van der Waals surface area contributed by atoms with Crippen molar-refractivity contribution >= 4 is 35.2 Å². The third-order valence-electron chi connectivity index (χ3n) is 7.57. The lowest BCUT2D eigenvalue weighted by atomic mass is 9.87. The summed E-state index contributed by atoms with van der Waals surface area (Å²) in [5.74, 6) is 1.58. The van der Waals surface area contributed by atoms with Crippen molar-refractivity contribution < 1.29 is 0 Å². The molecule has 2 aliphatic carbocycles. The van der Waals surface area contributed by atoms with E-state index in [1.807, 2.05) is 0 Å². The molecule has 0 atom stereocenters. The first kappa shape index (κ1) is 22.4. The average Bonchev–Trinajstić information content (AvgIpc) is 3.28. The molecular formula is C30H37PS. The fourth-order valence-corrected chi connectivity index (χ4v) is 9.97. The van der Waals surface area contributed by atoms with Crippen molar-refractivity contribution in [1.82, 2.24) is 0 Å². The Hall–Kier alpha value is -1.43. The lowest BCUT2D eigenvalue weighted by Gasteiger charge is -2.26. The zero-order valence-corrected chi connectivity index (χ0v) is 21.5. The van der Waals surface area contributed by atoms with Crippen molar-refractivity contribution in [2.45, 2.75) is 89.9 Å². The van der Waals surface area contributed by atoms with Crippen LogP contribution in [0, 0.1) is 13.8 Å². The Morgan fingerprint density at radius 2 is 1.09 bits per heavy atom. The molecular weight excluding hydrogens is 423 g/mol. The Bertz CT molecular complexity index is 956. The Morgan fingerprint density at radius 1 is 0.625 bits per heavy atom. The van der Waals surface area contributed by atoms with Gasteiger partial charge in [0, 0.05) is 9.75 Å². The van der Waals surface area contributed by atoms with Gasteiger partial charge in [-0.05, 0) is 81.3 Å². The Labute approximate surface area is 200 Å². The van der Waals surface area contributed by atoms with Crippen LogP contribution in [0.4, 0.5) is 0 Å². The summed E-state index contributed by atoms with van der Waals surface area (Å²) in [4.78, 5) is 3.45. The summed E-state index contributed by atoms with van der Waals surface area (Å²) in [5, 5.41) is 4.71. The van der Waals surface area contributed by atoms with E-state index >= 15 is 0 Å². The van der Waals surface area contributed by atoms with Gasteiger partial charge in [0.05, 0.1) is 0 Å². The second-order valence-electron chi connectivity index (χ2n) is 10.1. The predicted molar refractivity (Wildman–Crippen MR) is 144 cm³/mol. The molecule has 0 nitrogen and oxygen atoms in total. The van der Waals surface area contributed by atoms with Gasteiger partial charge in [0.1, 0.15) is 0 Å². The molecule has 5 rings (SSSR count). The monoisotopic (exact) mass is 460 g/mol. The maximum absolute atomic E-state index is 2.69. The van der Waals surface area contributed by atoms with E-state index in [2.05, 4.69) is 79.8 Å². The maximum Gasteiger partial charge on any atom is 0.0163 e. The number of hydrogen-bond donors (Lipinski definition) is 0. The van der Waals surface area contributed by atoms with Crippen LogP contribution >= 0.6 is 19.3 Å². The molecule has 2 heteroatoms. The van der Waals surface area contributed by atoms with E-state index in [-0.39, 0.29) is 0 Å². The minimum atomic E-state index is -0.506. The summed E-state index contributed by atoms with van der Waals surface area (Å²) in [5.41, 5.74) is 2.71. The first-order valence-corrected chi connectivity index (χ1v) is 14.9. The van der Waals surface area contributed by atoms with Gasteiger partial charge in [-0.25, -0.2) is 0 Å². The molecule has 1 heterocycles. The van der Waals surface area contributed by atoms with Gasteiger partial charge in [-0.2, -0.15) is 0 Å². The molecule has 32 heavy (non-hydrogen) atoms. The highest BCUT2D eigenvalue weighted by Crippen LogP contribution is 2.46. The van der Waals surface area contributed by atoms with Crippen molar-refractivity contribution in [1.29, 1.82) is 0 Å². The van der Waals surface area contributed by atoms with E-state index < -0.39 is 7.92 Å². The third kappa shape index (κ3) is 4.90. The van der Waals surface area contributed by atoms with Crippen LogP contribution in [0.25, 0.3) is 0 Å². The molecule has 2 aliphatic rings. The van der Waals surface area contributed by atoms with Crippen molar-refractivity contribution in [3.05, 3.63) is 75.5 Å². The normalized spacial score (nSPS) is 18.3. The number of thiophene rings is 1. The van der Waals surface area contributed by atoms with E-state index in [0.717, 1.165) is 11.8 Å². The van der Waals surface area contributed by atoms with Gasteiger partial charge in [-0.15, -0.1) is 11.3 Å². The van der Waals surface area contributed by atoms with Crippen molar-refractivity contribution in [2.24, 2.45) is 0 Å². The van der Waals surface area contributed by atoms with Gasteiger partial charge in [0.15, 0.2) is 0 Å². The second-order valence-corrected chi connectivity index (χ2v) is 13.4. The molecule has 0 bridgehead atoms. The lowest BCUT2D eigenvalue weighted by molar-refractivity contribution is 0.447. The highest BCUT2D eigenvalue weighted by Gasteiger charge is 2.29. The Morgan fingerprint density at radius 3 is 1.59 bits per heavy atom. The fourth-order valence-electron chi connectivity index (χ4n) is 5.65. The summed E-state index contributed by atoms with van der Waals surface area (Å²) in [7, 11) is -0.506. The molecule has 0 amide bonds. The summed E-state index contributed by atoms with van der Waals surface area (Å²) >= 11 is 2.21. The summed E-state index contributed by atoms with van der Waals surface area (Å²) < 4.78 is 0. The van der Waals surface area contributed by atoms with Crippen LogP contribution in [0.3, 0.4) is 0 Å². The molecule has 0 spiro atoms. The van der Waals surface area contributed by atoms with Crippen LogP contribution in [-0.4, -0.2) is 0 Å². The van der Waals surface area contributed by atoms with Crippen LogP contribution in [0.2, 0.25) is 0 Å². The number of benzene rings is 2. The minimum Gasteiger partial charge on any atom is -0.144 e. The largest absolute Gasteiger partial charge is 0.144 e. The van der Waals surface area contributed by atoms with E-state index in [9.17, 15) is 0 Å². The third-order valence-corrected chi connectivity index (χ3v) is 11.7. The fraction of sp³-hybridized carbons (Fsp3) is 0.467. The van der Waals surface area contributed by atoms with E-state index in [1.54, 1.807) is 15.1 Å². The predicted octanol–water partition coefficient (Wildman–Crippen LogP) is 8.22. The first-order valence-electron chi connectivity index (χ1n) is 12.8. The first-order chi connectivity index (χ1) is 15.7. The number of hydrogen-bond acceptors (Lipinski definition) is 1. The van der Waals surface area contributed by atoms with Gasteiger partial charge < -0.3 is 0 Å². The molecule has 0 radical (unpaired) electrons. The minimum absolute atomic E-state index is 0.506. The van der Waals surface area contributed by atoms with Crippen LogP contribution in [0.1, 0.15) is 96.9 Å². The van der Waals surface area contributed by atoms with Crippen LogP contribution in [0.15, 0.2) is 54.6 Å². The standard InChI is InChI=1S/C30H37PS/c1-22-13-17-26(18-14-22)31(27-19-15-23(2)16-20-27)28-21-29(24-9-5-3-6-10-24)32-30(28)25-11-7-4-8-12-25/h13-21,24-25H,3-12H2,1-2H3. The zero-order chi connectivity index (χ0) is 21.9. The second kappa shape index (κ2) is 10.2. The molecule has 0 aliphatic heterocycles. The molecule has 1 aromatic heterocycles. The summed E-state index contributed by atoms with van der Waals surface area (Å²) in [6, 6.07) is 21.6. The molecule has 3 aromatic rings. The average molecular weight is 461 g/mol. The van der Waals surface area contributed by atoms with Gasteiger partial charge in [0.2, 0.25) is 0 Å². The van der Waals surface area contributed by atoms with Crippen molar-refractivity contribution in [2.75, 3.05) is 0 Å². The summed E-state index contributed by atoms with van der Waals surface area (Å²) in [6.07, 6.45) is 14.1. The Balaban J connectivity index is 1.63. The van der Waals surface area contributed by atoms with Crippen molar-refractivity contribution in [3.63, 3.8) is 0 Å². The topological polar surface area (TPSA) is 0 Å². The molecule has 2 aromatic carbocycles. The van der Waals surface area contributed by atoms with E-state index in [4.69, 9.17) is 0 Å². The van der Waals surface area contributed by atoms with Crippen LogP contribution in [-0.2, 0) is 0 Å². The van der Waals surface area contributed by atoms with Gasteiger partial charge in [-0.1, -0.05) is 98.2 Å². The molecule has 2 fully saturated rings. The van der Waals surface area contributed by atoms with Crippen molar-refractivity contribution in [3.8, 4) is 0 Å². The molecule has 2 saturated carbocycles. The molecule has 0 unspecified atom stereocenters. The van der Waals surface area contributed by atoms with Gasteiger partial charge >= 0.3 is 0 Å². The molecule has 0 saturated heterocycles. The lowest BCUT2D eigenvalue weighted by Crippen LogP contribution is -2.23. The van der Waals surface area contributed by atoms with Crippen LogP contribution < -0.4 is 15.9 Å². The zero-order valence-electron chi connectivity index (χ0n) is 19.8. The number of rotatable bonds is 5. The Kier molecular flexibility index (Phi) is 7.15. The highest BCUT2D eigenvalue weighted by molar-refractivity contribution is 7.80. The molecule has 168 valence electrons. The maximum atomic E-state index is 2.69. The van der Waals surface area contributed by atoms with Crippen LogP contribution in [0.5, 0.6) is 0 Å². The smallest absolute Gasteiger partial charge is 0.0163 e. The highest BCUT2D eigenvalue weighted by atomic mass is 32.1. The molecule has 0 N–H and O–H groups in total. The van der Waals surface area contributed by atoms with Gasteiger partial charge in [-0.3, -0.25) is 0 Å². The quantitative estimate of drug-likeness (QED) is 0.336.